The summed E-state index contributed by atoms with van der Waals surface area (Å²) in [6.45, 7) is 1.77. The Hall–Kier alpha value is -3.04. The highest BCUT2D eigenvalue weighted by molar-refractivity contribution is 9.10. The first-order chi connectivity index (χ1) is 14.5. The second-order valence-electron chi connectivity index (χ2n) is 6.34. The number of carbonyl (C=O) groups is 2. The van der Waals surface area contributed by atoms with Crippen molar-refractivity contribution in [3.63, 3.8) is 0 Å². The molecule has 9 heteroatoms. The average Bonchev–Trinajstić information content (AvgIpc) is 3.41. The number of para-hydroxylation sites is 1. The van der Waals surface area contributed by atoms with Crippen molar-refractivity contribution >= 4 is 55.4 Å². The van der Waals surface area contributed by atoms with Crippen molar-refractivity contribution in [2.75, 3.05) is 5.32 Å². The number of benzene rings is 2. The molecule has 0 saturated heterocycles. The van der Waals surface area contributed by atoms with Gasteiger partial charge in [0.15, 0.2) is 23.2 Å². The predicted octanol–water partition coefficient (Wildman–Crippen LogP) is 5.29. The van der Waals surface area contributed by atoms with E-state index in [0.29, 0.717) is 22.7 Å². The van der Waals surface area contributed by atoms with Crippen molar-refractivity contribution in [2.24, 2.45) is 0 Å². The number of hydrogen-bond acceptors (Lipinski definition) is 7. The van der Waals surface area contributed by atoms with E-state index in [4.69, 9.17) is 9.15 Å². The van der Waals surface area contributed by atoms with E-state index in [2.05, 4.69) is 31.2 Å². The lowest BCUT2D eigenvalue weighted by Gasteiger charge is -2.15. The van der Waals surface area contributed by atoms with E-state index >= 15 is 0 Å². The van der Waals surface area contributed by atoms with E-state index in [1.165, 1.54) is 17.7 Å². The first-order valence-corrected chi connectivity index (χ1v) is 10.8. The van der Waals surface area contributed by atoms with Gasteiger partial charge in [0.25, 0.3) is 5.91 Å². The van der Waals surface area contributed by atoms with Crippen LogP contribution in [-0.2, 0) is 9.53 Å². The number of fused-ring (bicyclic) bond motifs is 1. The molecule has 2 heterocycles. The van der Waals surface area contributed by atoms with Crippen molar-refractivity contribution in [1.82, 2.24) is 9.97 Å². The number of nitrogens with zero attached hydrogens (tertiary/aromatic N) is 2. The fourth-order valence-electron chi connectivity index (χ4n) is 2.84. The molecule has 0 fully saturated rings. The fraction of sp³-hybridized carbons (Fsp3) is 0.143. The van der Waals surface area contributed by atoms with E-state index in [9.17, 15) is 9.59 Å². The highest BCUT2D eigenvalue weighted by atomic mass is 79.9. The van der Waals surface area contributed by atoms with Gasteiger partial charge in [0, 0.05) is 15.4 Å². The lowest BCUT2D eigenvalue weighted by Crippen LogP contribution is -2.32. The van der Waals surface area contributed by atoms with Gasteiger partial charge >= 0.3 is 5.97 Å². The molecule has 2 aromatic carbocycles. The van der Waals surface area contributed by atoms with Crippen molar-refractivity contribution < 1.29 is 18.7 Å². The van der Waals surface area contributed by atoms with Crippen LogP contribution >= 0.6 is 27.3 Å². The minimum absolute atomic E-state index is 0.249. The van der Waals surface area contributed by atoms with Crippen molar-refractivity contribution in [3.05, 3.63) is 64.3 Å². The number of rotatable bonds is 6. The maximum absolute atomic E-state index is 12.7. The van der Waals surface area contributed by atoms with E-state index in [1.54, 1.807) is 25.1 Å². The highest BCUT2D eigenvalue weighted by Gasteiger charge is 2.24. The molecule has 0 radical (unpaired) electrons. The predicted molar refractivity (Wildman–Crippen MR) is 117 cm³/mol. The minimum Gasteiger partial charge on any atom is -0.449 e. The summed E-state index contributed by atoms with van der Waals surface area (Å²) >= 11 is 4.71. The first-order valence-electron chi connectivity index (χ1n) is 9.10. The second-order valence-corrected chi connectivity index (χ2v) is 8.11. The van der Waals surface area contributed by atoms with Crippen LogP contribution in [0.5, 0.6) is 0 Å². The maximum atomic E-state index is 12.7. The van der Waals surface area contributed by atoms with Crippen molar-refractivity contribution in [2.45, 2.75) is 19.4 Å². The molecule has 0 aliphatic carbocycles. The average molecular weight is 486 g/mol. The van der Waals surface area contributed by atoms with E-state index in [-0.39, 0.29) is 5.56 Å². The summed E-state index contributed by atoms with van der Waals surface area (Å²) in [7, 11) is 0. The fourth-order valence-corrected chi connectivity index (χ4v) is 3.82. The molecular formula is C21H16BrN3O4S. The van der Waals surface area contributed by atoms with Crippen LogP contribution in [-0.4, -0.2) is 27.9 Å². The Bertz CT molecular complexity index is 1200. The molecule has 1 unspecified atom stereocenters. The van der Waals surface area contributed by atoms with Crippen molar-refractivity contribution in [3.8, 4) is 11.3 Å². The topological polar surface area (TPSA) is 94.3 Å². The number of thiazole rings is 1. The number of esters is 1. The molecule has 7 nitrogen and oxygen atoms in total. The number of amides is 1. The van der Waals surface area contributed by atoms with Gasteiger partial charge in [0.2, 0.25) is 0 Å². The molecular weight excluding hydrogens is 470 g/mol. The molecule has 0 bridgehead atoms. The van der Waals surface area contributed by atoms with Gasteiger partial charge in [-0.3, -0.25) is 10.1 Å². The third kappa shape index (κ3) is 4.27. The van der Waals surface area contributed by atoms with Gasteiger partial charge < -0.3 is 9.15 Å². The van der Waals surface area contributed by atoms with Crippen LogP contribution in [0.1, 0.15) is 23.7 Å². The third-order valence-electron chi connectivity index (χ3n) is 4.37. The quantitative estimate of drug-likeness (QED) is 0.373. The smallest absolute Gasteiger partial charge is 0.341 e. The number of aromatic nitrogens is 2. The molecule has 0 aliphatic heterocycles. The zero-order valence-corrected chi connectivity index (χ0v) is 18.2. The van der Waals surface area contributed by atoms with Gasteiger partial charge in [0.1, 0.15) is 5.52 Å². The standard InChI is InChI=1S/C21H16BrN3O4S/c1-2-16(29-20(27)14-4-3-5-17-18(14)23-11-28-17)19(26)25-21-24-15(10-30-21)12-6-8-13(22)9-7-12/h3-11,16H,2H2,1H3,(H,24,25,26). The van der Waals surface area contributed by atoms with E-state index < -0.39 is 18.0 Å². The number of carbonyl (C=O) groups excluding carboxylic acids is 2. The largest absolute Gasteiger partial charge is 0.449 e. The molecule has 152 valence electrons. The summed E-state index contributed by atoms with van der Waals surface area (Å²) in [6, 6.07) is 12.7. The Labute approximate surface area is 184 Å². The number of hydrogen-bond donors (Lipinski definition) is 1. The number of nitrogens with one attached hydrogen (secondary N) is 1. The van der Waals surface area contributed by atoms with Gasteiger partial charge in [-0.1, -0.05) is 41.1 Å². The molecule has 1 amide bonds. The van der Waals surface area contributed by atoms with Crippen LogP contribution in [0.15, 0.2) is 63.1 Å². The Balaban J connectivity index is 1.45. The van der Waals surface area contributed by atoms with Gasteiger partial charge in [-0.2, -0.15) is 0 Å². The van der Waals surface area contributed by atoms with Gasteiger partial charge in [-0.25, -0.2) is 14.8 Å². The van der Waals surface area contributed by atoms with Crippen LogP contribution in [0, 0.1) is 0 Å². The lowest BCUT2D eigenvalue weighted by molar-refractivity contribution is -0.124. The number of anilines is 1. The SMILES string of the molecule is CCC(OC(=O)c1cccc2ocnc12)C(=O)Nc1nc(-c2ccc(Br)cc2)cs1. The number of ether oxygens (including phenoxy) is 1. The zero-order valence-electron chi connectivity index (χ0n) is 15.8. The van der Waals surface area contributed by atoms with Crippen molar-refractivity contribution in [1.29, 1.82) is 0 Å². The van der Waals surface area contributed by atoms with Crippen LogP contribution < -0.4 is 5.32 Å². The second kappa shape index (κ2) is 8.76. The number of halogens is 1. The first kappa shape index (κ1) is 20.2. The molecule has 0 saturated carbocycles. The highest BCUT2D eigenvalue weighted by Crippen LogP contribution is 2.26. The molecule has 1 N–H and O–H groups in total. The van der Waals surface area contributed by atoms with Gasteiger partial charge in [-0.05, 0) is 30.7 Å². The van der Waals surface area contributed by atoms with Crippen LogP contribution in [0.4, 0.5) is 5.13 Å². The summed E-state index contributed by atoms with van der Waals surface area (Å²) in [5.41, 5.74) is 2.82. The number of oxazole rings is 1. The monoisotopic (exact) mass is 485 g/mol. The summed E-state index contributed by atoms with van der Waals surface area (Å²) in [6.07, 6.45) is 0.619. The van der Waals surface area contributed by atoms with Gasteiger partial charge in [-0.15, -0.1) is 11.3 Å². The third-order valence-corrected chi connectivity index (χ3v) is 5.65. The Morgan fingerprint density at radius 3 is 2.80 bits per heavy atom. The van der Waals surface area contributed by atoms with Crippen LogP contribution in [0.25, 0.3) is 22.4 Å². The van der Waals surface area contributed by atoms with E-state index in [1.807, 2.05) is 29.6 Å². The lowest BCUT2D eigenvalue weighted by atomic mass is 10.2. The molecule has 1 atom stereocenters. The van der Waals surface area contributed by atoms with E-state index in [0.717, 1.165) is 15.7 Å². The zero-order chi connectivity index (χ0) is 21.1. The summed E-state index contributed by atoms with van der Waals surface area (Å²) in [4.78, 5) is 33.7. The molecule has 0 spiro atoms. The molecule has 0 aliphatic rings. The summed E-state index contributed by atoms with van der Waals surface area (Å²) in [5, 5.41) is 5.03. The minimum atomic E-state index is -0.959. The summed E-state index contributed by atoms with van der Waals surface area (Å²) < 4.78 is 11.6. The Morgan fingerprint density at radius 2 is 2.03 bits per heavy atom. The molecule has 2 aromatic heterocycles. The summed E-state index contributed by atoms with van der Waals surface area (Å²) in [5.74, 6) is -1.07. The molecule has 30 heavy (non-hydrogen) atoms. The Morgan fingerprint density at radius 1 is 1.23 bits per heavy atom. The molecule has 4 rings (SSSR count). The Kier molecular flexibility index (Phi) is 5.91. The van der Waals surface area contributed by atoms with Gasteiger partial charge in [0.05, 0.1) is 11.3 Å². The van der Waals surface area contributed by atoms with Crippen LogP contribution in [0.3, 0.4) is 0 Å². The van der Waals surface area contributed by atoms with Crippen LogP contribution in [0.2, 0.25) is 0 Å². The normalized spacial score (nSPS) is 11.9. The maximum Gasteiger partial charge on any atom is 0.341 e. The molecule has 4 aromatic rings.